The molecular formula is C15H28N2O. The van der Waals surface area contributed by atoms with E-state index in [1.807, 2.05) is 16.9 Å². The predicted octanol–water partition coefficient (Wildman–Crippen LogP) is 3.73. The fraction of sp³-hybridized carbons (Fsp3) is 0.800. The fourth-order valence-corrected chi connectivity index (χ4v) is 2.33. The van der Waals surface area contributed by atoms with Crippen LogP contribution < -0.4 is 0 Å². The van der Waals surface area contributed by atoms with Crippen molar-refractivity contribution in [2.75, 3.05) is 0 Å². The average molecular weight is 252 g/mol. The van der Waals surface area contributed by atoms with Gasteiger partial charge in [0.2, 0.25) is 0 Å². The lowest BCUT2D eigenvalue weighted by molar-refractivity contribution is 0.159. The van der Waals surface area contributed by atoms with Gasteiger partial charge in [-0.1, -0.05) is 40.0 Å². The zero-order valence-electron chi connectivity index (χ0n) is 12.1. The molecule has 1 atom stereocenters. The molecular weight excluding hydrogens is 224 g/mol. The smallest absolute Gasteiger partial charge is 0.0650 e. The summed E-state index contributed by atoms with van der Waals surface area (Å²) in [6, 6.07) is 2.54. The monoisotopic (exact) mass is 252 g/mol. The van der Waals surface area contributed by atoms with Gasteiger partial charge in [0.1, 0.15) is 0 Å². The Labute approximate surface area is 111 Å². The zero-order valence-corrected chi connectivity index (χ0v) is 12.1. The first kappa shape index (κ1) is 15.2. The van der Waals surface area contributed by atoms with Gasteiger partial charge in [0.05, 0.1) is 17.8 Å². The van der Waals surface area contributed by atoms with Crippen molar-refractivity contribution in [1.82, 2.24) is 9.78 Å². The van der Waals surface area contributed by atoms with Crippen LogP contribution in [-0.4, -0.2) is 21.0 Å². The molecule has 0 saturated carbocycles. The number of hydrogen-bond donors (Lipinski definition) is 1. The van der Waals surface area contributed by atoms with Gasteiger partial charge < -0.3 is 5.11 Å². The Bertz CT molecular complexity index is 318. The molecule has 1 aromatic heterocycles. The summed E-state index contributed by atoms with van der Waals surface area (Å²) in [5, 5.41) is 14.5. The van der Waals surface area contributed by atoms with Crippen molar-refractivity contribution >= 4 is 0 Å². The Balaban J connectivity index is 2.43. The molecule has 3 heteroatoms. The van der Waals surface area contributed by atoms with Crippen LogP contribution >= 0.6 is 0 Å². The molecule has 0 amide bonds. The van der Waals surface area contributed by atoms with Crippen molar-refractivity contribution < 1.29 is 5.11 Å². The molecule has 1 rings (SSSR count). The van der Waals surface area contributed by atoms with E-state index in [2.05, 4.69) is 25.9 Å². The summed E-state index contributed by atoms with van der Waals surface area (Å²) in [6.07, 6.45) is 9.14. The third-order valence-electron chi connectivity index (χ3n) is 3.57. The number of aliphatic hydroxyl groups is 1. The molecule has 0 bridgehead atoms. The highest BCUT2D eigenvalue weighted by Gasteiger charge is 2.11. The third kappa shape index (κ3) is 4.81. The van der Waals surface area contributed by atoms with Gasteiger partial charge in [-0.2, -0.15) is 5.10 Å². The molecule has 0 aromatic carbocycles. The van der Waals surface area contributed by atoms with E-state index in [1.54, 1.807) is 0 Å². The molecule has 1 aromatic rings. The van der Waals surface area contributed by atoms with Gasteiger partial charge in [0.15, 0.2) is 0 Å². The molecule has 104 valence electrons. The van der Waals surface area contributed by atoms with Crippen LogP contribution in [0.5, 0.6) is 0 Å². The second kappa shape index (κ2) is 8.30. The van der Waals surface area contributed by atoms with Crippen LogP contribution in [0.2, 0.25) is 0 Å². The van der Waals surface area contributed by atoms with Crippen LogP contribution in [0.4, 0.5) is 0 Å². The summed E-state index contributed by atoms with van der Waals surface area (Å²) >= 11 is 0. The van der Waals surface area contributed by atoms with Gasteiger partial charge in [0.25, 0.3) is 0 Å². The second-order valence-corrected chi connectivity index (χ2v) is 5.11. The first-order chi connectivity index (χ1) is 8.71. The minimum atomic E-state index is -0.235. The lowest BCUT2D eigenvalue weighted by Crippen LogP contribution is -2.12. The highest BCUT2D eigenvalue weighted by Crippen LogP contribution is 2.15. The van der Waals surface area contributed by atoms with Crippen LogP contribution in [0.3, 0.4) is 0 Å². The van der Waals surface area contributed by atoms with Crippen molar-refractivity contribution in [3.63, 3.8) is 0 Å². The second-order valence-electron chi connectivity index (χ2n) is 5.11. The van der Waals surface area contributed by atoms with Crippen LogP contribution in [-0.2, 0) is 6.42 Å². The molecule has 0 saturated heterocycles. The van der Waals surface area contributed by atoms with Gasteiger partial charge in [-0.25, -0.2) is 0 Å². The third-order valence-corrected chi connectivity index (χ3v) is 3.57. The molecule has 18 heavy (non-hydrogen) atoms. The molecule has 1 heterocycles. The first-order valence-corrected chi connectivity index (χ1v) is 7.43. The van der Waals surface area contributed by atoms with E-state index in [9.17, 15) is 5.11 Å². The number of nitrogens with zero attached hydrogens (tertiary/aromatic N) is 2. The van der Waals surface area contributed by atoms with Gasteiger partial charge in [0, 0.05) is 12.6 Å². The minimum Gasteiger partial charge on any atom is -0.393 e. The topological polar surface area (TPSA) is 38.0 Å². The average Bonchev–Trinajstić information content (AvgIpc) is 2.79. The summed E-state index contributed by atoms with van der Waals surface area (Å²) in [6.45, 7) is 6.56. The van der Waals surface area contributed by atoms with Crippen molar-refractivity contribution in [2.45, 2.75) is 77.9 Å². The van der Waals surface area contributed by atoms with Crippen molar-refractivity contribution in [3.8, 4) is 0 Å². The van der Waals surface area contributed by atoms with Gasteiger partial charge in [-0.15, -0.1) is 0 Å². The van der Waals surface area contributed by atoms with Crippen molar-refractivity contribution in [1.29, 1.82) is 0 Å². The summed E-state index contributed by atoms with van der Waals surface area (Å²) in [5.74, 6) is 0. The van der Waals surface area contributed by atoms with E-state index in [4.69, 9.17) is 0 Å². The van der Waals surface area contributed by atoms with Crippen LogP contribution in [0.25, 0.3) is 0 Å². The molecule has 0 spiro atoms. The van der Waals surface area contributed by atoms with E-state index in [1.165, 1.54) is 12.8 Å². The van der Waals surface area contributed by atoms with Gasteiger partial charge in [-0.3, -0.25) is 4.68 Å². The lowest BCUT2D eigenvalue weighted by Gasteiger charge is -2.13. The van der Waals surface area contributed by atoms with E-state index in [0.717, 1.165) is 31.4 Å². The zero-order chi connectivity index (χ0) is 13.4. The molecule has 0 aliphatic heterocycles. The maximum atomic E-state index is 9.94. The first-order valence-electron chi connectivity index (χ1n) is 7.43. The molecule has 1 N–H and O–H groups in total. The quantitative estimate of drug-likeness (QED) is 0.680. The SMILES string of the molecule is CCCCCC(O)Cc1ccn(C(CC)CC)n1. The van der Waals surface area contributed by atoms with E-state index in [0.29, 0.717) is 12.5 Å². The standard InChI is InChI=1S/C15H28N2O/c1-4-7-8-9-15(18)12-13-10-11-17(16-13)14(5-2)6-3/h10-11,14-15,18H,4-9,12H2,1-3H3. The highest BCUT2D eigenvalue weighted by molar-refractivity contribution is 5.01. The summed E-state index contributed by atoms with van der Waals surface area (Å²) < 4.78 is 2.05. The number of rotatable bonds is 9. The normalized spacial score (nSPS) is 13.2. The Morgan fingerprint density at radius 2 is 1.94 bits per heavy atom. The fourth-order valence-electron chi connectivity index (χ4n) is 2.33. The predicted molar refractivity (Wildman–Crippen MR) is 75.7 cm³/mol. The summed E-state index contributed by atoms with van der Waals surface area (Å²) in [7, 11) is 0. The van der Waals surface area contributed by atoms with Crippen LogP contribution in [0.15, 0.2) is 12.3 Å². The van der Waals surface area contributed by atoms with Crippen LogP contribution in [0.1, 0.15) is 71.0 Å². The van der Waals surface area contributed by atoms with E-state index >= 15 is 0 Å². The highest BCUT2D eigenvalue weighted by atomic mass is 16.3. The lowest BCUT2D eigenvalue weighted by atomic mass is 10.1. The largest absolute Gasteiger partial charge is 0.393 e. The van der Waals surface area contributed by atoms with Crippen LogP contribution in [0, 0.1) is 0 Å². The molecule has 0 radical (unpaired) electrons. The maximum Gasteiger partial charge on any atom is 0.0650 e. The molecule has 0 fully saturated rings. The Kier molecular flexibility index (Phi) is 7.02. The number of aromatic nitrogens is 2. The maximum absolute atomic E-state index is 9.94. The van der Waals surface area contributed by atoms with E-state index < -0.39 is 0 Å². The van der Waals surface area contributed by atoms with Crippen molar-refractivity contribution in [3.05, 3.63) is 18.0 Å². The van der Waals surface area contributed by atoms with E-state index in [-0.39, 0.29) is 6.10 Å². The van der Waals surface area contributed by atoms with Gasteiger partial charge in [-0.05, 0) is 25.3 Å². The molecule has 0 aliphatic rings. The number of unbranched alkanes of at least 4 members (excludes halogenated alkanes) is 2. The Morgan fingerprint density at radius 3 is 2.56 bits per heavy atom. The number of hydrogen-bond acceptors (Lipinski definition) is 2. The van der Waals surface area contributed by atoms with Gasteiger partial charge >= 0.3 is 0 Å². The van der Waals surface area contributed by atoms with Crippen molar-refractivity contribution in [2.24, 2.45) is 0 Å². The Morgan fingerprint density at radius 1 is 1.22 bits per heavy atom. The summed E-state index contributed by atoms with van der Waals surface area (Å²) in [4.78, 5) is 0. The minimum absolute atomic E-state index is 0.235. The Hall–Kier alpha value is -0.830. The molecule has 3 nitrogen and oxygen atoms in total. The molecule has 1 unspecified atom stereocenters. The number of aliphatic hydroxyl groups excluding tert-OH is 1. The summed E-state index contributed by atoms with van der Waals surface area (Å²) in [5.41, 5.74) is 1.02. The molecule has 0 aliphatic carbocycles.